The Bertz CT molecular complexity index is 778. The summed E-state index contributed by atoms with van der Waals surface area (Å²) < 4.78 is 1.41. The fraction of sp³-hybridized carbons (Fsp3) is 0.250. The van der Waals surface area contributed by atoms with Crippen molar-refractivity contribution in [3.05, 3.63) is 45.6 Å². The van der Waals surface area contributed by atoms with Crippen LogP contribution in [-0.2, 0) is 13.0 Å². The van der Waals surface area contributed by atoms with Gasteiger partial charge in [0.05, 0.1) is 18.4 Å². The zero-order valence-corrected chi connectivity index (χ0v) is 10.3. The SMILES string of the molecule is O=C1c2c(O)c(=O)ccn2N[C@@H]2Cc3cn[nH]c3CN12. The van der Waals surface area contributed by atoms with Gasteiger partial charge in [0.25, 0.3) is 5.91 Å². The molecule has 0 saturated heterocycles. The normalized spacial score (nSPS) is 19.9. The van der Waals surface area contributed by atoms with Crippen LogP contribution in [0.15, 0.2) is 23.3 Å². The smallest absolute Gasteiger partial charge is 0.278 e. The molecule has 4 heterocycles. The Morgan fingerprint density at radius 2 is 2.25 bits per heavy atom. The van der Waals surface area contributed by atoms with E-state index in [9.17, 15) is 14.7 Å². The molecule has 0 saturated carbocycles. The van der Waals surface area contributed by atoms with E-state index in [1.807, 2.05) is 0 Å². The molecule has 8 nitrogen and oxygen atoms in total. The van der Waals surface area contributed by atoms with E-state index in [0.29, 0.717) is 13.0 Å². The largest absolute Gasteiger partial charge is 0.502 e. The zero-order valence-electron chi connectivity index (χ0n) is 10.3. The molecule has 102 valence electrons. The van der Waals surface area contributed by atoms with E-state index in [0.717, 1.165) is 11.3 Å². The van der Waals surface area contributed by atoms with Crippen molar-refractivity contribution in [3.8, 4) is 5.75 Å². The number of nitrogens with zero attached hydrogens (tertiary/aromatic N) is 3. The minimum absolute atomic E-state index is 0.0308. The van der Waals surface area contributed by atoms with Crippen molar-refractivity contribution < 1.29 is 9.90 Å². The predicted octanol–water partition coefficient (Wildman–Crippen LogP) is -0.641. The monoisotopic (exact) mass is 273 g/mol. The molecule has 20 heavy (non-hydrogen) atoms. The summed E-state index contributed by atoms with van der Waals surface area (Å²) in [6.07, 6.45) is 3.60. The summed E-state index contributed by atoms with van der Waals surface area (Å²) in [5.74, 6) is -0.900. The summed E-state index contributed by atoms with van der Waals surface area (Å²) in [6, 6.07) is 1.22. The fourth-order valence-electron chi connectivity index (χ4n) is 2.71. The predicted molar refractivity (Wildman–Crippen MR) is 67.7 cm³/mol. The molecule has 8 heteroatoms. The number of amides is 1. The molecular weight excluding hydrogens is 262 g/mol. The second-order valence-electron chi connectivity index (χ2n) is 4.90. The quantitative estimate of drug-likeness (QED) is 0.592. The Balaban J connectivity index is 1.83. The van der Waals surface area contributed by atoms with Gasteiger partial charge < -0.3 is 15.4 Å². The number of aromatic nitrogens is 3. The van der Waals surface area contributed by atoms with Crippen LogP contribution in [0.3, 0.4) is 0 Å². The molecule has 0 radical (unpaired) electrons. The highest BCUT2D eigenvalue weighted by atomic mass is 16.3. The number of carbonyl (C=O) groups is 1. The maximum Gasteiger partial charge on any atom is 0.278 e. The van der Waals surface area contributed by atoms with Gasteiger partial charge in [0.15, 0.2) is 11.4 Å². The van der Waals surface area contributed by atoms with Crippen molar-refractivity contribution in [2.75, 3.05) is 5.43 Å². The van der Waals surface area contributed by atoms with Crippen LogP contribution < -0.4 is 10.9 Å². The fourth-order valence-corrected chi connectivity index (χ4v) is 2.71. The van der Waals surface area contributed by atoms with Crippen molar-refractivity contribution in [1.29, 1.82) is 0 Å². The standard InChI is InChI=1S/C12H11N5O3/c18-8-1-2-17-10(11(8)19)12(20)16-5-7-6(4-13-14-7)3-9(16)15-17/h1-2,4,9,15,19H,3,5H2,(H,13,14)/t9-/m0/s1. The summed E-state index contributed by atoms with van der Waals surface area (Å²) in [5.41, 5.74) is 4.45. The number of fused-ring (bicyclic) bond motifs is 3. The number of hydrogen-bond acceptors (Lipinski definition) is 5. The van der Waals surface area contributed by atoms with Crippen LogP contribution in [0.5, 0.6) is 5.75 Å². The number of pyridine rings is 1. The lowest BCUT2D eigenvalue weighted by Crippen LogP contribution is -2.56. The van der Waals surface area contributed by atoms with E-state index in [4.69, 9.17) is 0 Å². The summed E-state index contributed by atoms with van der Waals surface area (Å²) in [5, 5.41) is 16.6. The molecule has 0 aromatic carbocycles. The van der Waals surface area contributed by atoms with Gasteiger partial charge in [-0.3, -0.25) is 19.4 Å². The second kappa shape index (κ2) is 3.62. The van der Waals surface area contributed by atoms with Gasteiger partial charge in [0.1, 0.15) is 6.17 Å². The summed E-state index contributed by atoms with van der Waals surface area (Å²) >= 11 is 0. The molecule has 0 fully saturated rings. The van der Waals surface area contributed by atoms with Crippen LogP contribution in [0.4, 0.5) is 0 Å². The highest BCUT2D eigenvalue weighted by Gasteiger charge is 2.38. The Morgan fingerprint density at radius 3 is 3.10 bits per heavy atom. The first kappa shape index (κ1) is 11.1. The van der Waals surface area contributed by atoms with E-state index >= 15 is 0 Å². The number of aromatic amines is 1. The molecule has 0 spiro atoms. The van der Waals surface area contributed by atoms with Gasteiger partial charge >= 0.3 is 0 Å². The van der Waals surface area contributed by atoms with Crippen molar-refractivity contribution in [3.63, 3.8) is 0 Å². The molecule has 3 N–H and O–H groups in total. The highest BCUT2D eigenvalue weighted by Crippen LogP contribution is 2.27. The number of nitrogens with one attached hydrogen (secondary N) is 2. The Hall–Kier alpha value is -2.77. The van der Waals surface area contributed by atoms with Crippen LogP contribution in [0.2, 0.25) is 0 Å². The maximum atomic E-state index is 12.5. The number of hydrogen-bond donors (Lipinski definition) is 3. The molecule has 0 bridgehead atoms. The first-order valence-corrected chi connectivity index (χ1v) is 6.18. The van der Waals surface area contributed by atoms with Crippen molar-refractivity contribution in [2.24, 2.45) is 0 Å². The van der Waals surface area contributed by atoms with E-state index in [1.165, 1.54) is 16.9 Å². The van der Waals surface area contributed by atoms with Crippen LogP contribution >= 0.6 is 0 Å². The number of rotatable bonds is 0. The molecular formula is C12H11N5O3. The van der Waals surface area contributed by atoms with Gasteiger partial charge in [-0.1, -0.05) is 0 Å². The second-order valence-corrected chi connectivity index (χ2v) is 4.90. The number of aromatic hydroxyl groups is 1. The average Bonchev–Trinajstić information content (AvgIpc) is 2.88. The third-order valence-corrected chi connectivity index (χ3v) is 3.75. The Kier molecular flexibility index (Phi) is 2.01. The molecule has 2 aliphatic rings. The summed E-state index contributed by atoms with van der Waals surface area (Å²) in [4.78, 5) is 25.5. The zero-order chi connectivity index (χ0) is 13.9. The average molecular weight is 273 g/mol. The van der Waals surface area contributed by atoms with Gasteiger partial charge in [-0.25, -0.2) is 0 Å². The maximum absolute atomic E-state index is 12.5. The lowest BCUT2D eigenvalue weighted by Gasteiger charge is -2.41. The van der Waals surface area contributed by atoms with E-state index in [1.54, 1.807) is 11.1 Å². The van der Waals surface area contributed by atoms with E-state index in [-0.39, 0.29) is 17.8 Å². The minimum Gasteiger partial charge on any atom is -0.502 e. The third-order valence-electron chi connectivity index (χ3n) is 3.75. The lowest BCUT2D eigenvalue weighted by molar-refractivity contribution is 0.0593. The van der Waals surface area contributed by atoms with E-state index < -0.39 is 11.2 Å². The van der Waals surface area contributed by atoms with Crippen LogP contribution in [0, 0.1) is 0 Å². The van der Waals surface area contributed by atoms with Gasteiger partial charge in [-0.2, -0.15) is 5.10 Å². The van der Waals surface area contributed by atoms with Gasteiger partial charge in [0.2, 0.25) is 5.43 Å². The van der Waals surface area contributed by atoms with Crippen molar-refractivity contribution in [1.82, 2.24) is 19.8 Å². The van der Waals surface area contributed by atoms with E-state index in [2.05, 4.69) is 15.6 Å². The number of carbonyl (C=O) groups excluding carboxylic acids is 1. The van der Waals surface area contributed by atoms with Gasteiger partial charge in [-0.15, -0.1) is 0 Å². The first-order valence-electron chi connectivity index (χ1n) is 6.18. The summed E-state index contributed by atoms with van der Waals surface area (Å²) in [7, 11) is 0. The summed E-state index contributed by atoms with van der Waals surface area (Å²) in [6.45, 7) is 0.369. The van der Waals surface area contributed by atoms with Crippen LogP contribution in [0.25, 0.3) is 0 Å². The molecule has 2 aromatic rings. The highest BCUT2D eigenvalue weighted by molar-refractivity contribution is 5.96. The number of H-pyrrole nitrogens is 1. The first-order chi connectivity index (χ1) is 9.65. The third kappa shape index (κ3) is 1.33. The molecule has 0 aliphatic carbocycles. The minimum atomic E-state index is -0.566. The van der Waals surface area contributed by atoms with Gasteiger partial charge in [-0.05, 0) is 5.56 Å². The van der Waals surface area contributed by atoms with Crippen molar-refractivity contribution >= 4 is 5.91 Å². The molecule has 4 rings (SSSR count). The van der Waals surface area contributed by atoms with Crippen LogP contribution in [0.1, 0.15) is 21.7 Å². The topological polar surface area (TPSA) is 103 Å². The molecule has 2 aromatic heterocycles. The van der Waals surface area contributed by atoms with Gasteiger partial charge in [0, 0.05) is 18.7 Å². The molecule has 1 atom stereocenters. The van der Waals surface area contributed by atoms with Crippen molar-refractivity contribution in [2.45, 2.75) is 19.1 Å². The van der Waals surface area contributed by atoms with Crippen LogP contribution in [-0.4, -0.2) is 37.0 Å². The molecule has 0 unspecified atom stereocenters. The molecule has 1 amide bonds. The molecule has 2 aliphatic heterocycles. The Morgan fingerprint density at radius 1 is 1.40 bits per heavy atom. The lowest BCUT2D eigenvalue weighted by atomic mass is 10.0. The Labute approximate surface area is 112 Å².